The lowest BCUT2D eigenvalue weighted by Gasteiger charge is -2.40. The fourth-order valence-electron chi connectivity index (χ4n) is 3.29. The molecule has 88 valence electrons. The molecule has 0 aromatic carbocycles. The van der Waals surface area contributed by atoms with E-state index in [1.165, 1.54) is 58.3 Å². The average Bonchev–Trinajstić information content (AvgIpc) is 2.66. The summed E-state index contributed by atoms with van der Waals surface area (Å²) in [6.45, 7) is 9.80. The summed E-state index contributed by atoms with van der Waals surface area (Å²) in [5.41, 5.74) is 0.630. The summed E-state index contributed by atoms with van der Waals surface area (Å²) in [4.78, 5) is 2.74. The molecule has 1 unspecified atom stereocenters. The number of rotatable bonds is 3. The second-order valence-electron chi connectivity index (χ2n) is 5.75. The first kappa shape index (κ1) is 11.4. The van der Waals surface area contributed by atoms with E-state index in [4.69, 9.17) is 0 Å². The third-order valence-electron chi connectivity index (χ3n) is 4.34. The van der Waals surface area contributed by atoms with Crippen LogP contribution in [0.15, 0.2) is 0 Å². The van der Waals surface area contributed by atoms with Crippen LogP contribution in [-0.4, -0.2) is 37.1 Å². The van der Waals surface area contributed by atoms with Gasteiger partial charge < -0.3 is 5.32 Å². The van der Waals surface area contributed by atoms with E-state index in [0.29, 0.717) is 5.41 Å². The van der Waals surface area contributed by atoms with Crippen molar-refractivity contribution in [3.63, 3.8) is 0 Å². The second kappa shape index (κ2) is 4.84. The summed E-state index contributed by atoms with van der Waals surface area (Å²) in [7, 11) is 0. The van der Waals surface area contributed by atoms with Gasteiger partial charge in [-0.3, -0.25) is 4.90 Å². The third-order valence-corrected chi connectivity index (χ3v) is 4.34. The largest absolute Gasteiger partial charge is 0.314 e. The highest BCUT2D eigenvalue weighted by atomic mass is 15.2. The lowest BCUT2D eigenvalue weighted by molar-refractivity contribution is 0.0975. The topological polar surface area (TPSA) is 15.3 Å². The van der Waals surface area contributed by atoms with Gasteiger partial charge in [-0.1, -0.05) is 26.7 Å². The van der Waals surface area contributed by atoms with Gasteiger partial charge in [0, 0.05) is 32.2 Å². The quantitative estimate of drug-likeness (QED) is 0.768. The molecular formula is C13H26N2. The molecule has 1 aliphatic heterocycles. The van der Waals surface area contributed by atoms with Gasteiger partial charge in [0.15, 0.2) is 0 Å². The molecule has 1 aliphatic carbocycles. The predicted molar refractivity (Wildman–Crippen MR) is 65.1 cm³/mol. The van der Waals surface area contributed by atoms with Crippen molar-refractivity contribution < 1.29 is 0 Å². The Balaban J connectivity index is 1.90. The van der Waals surface area contributed by atoms with E-state index in [9.17, 15) is 0 Å². The molecule has 0 bridgehead atoms. The summed E-state index contributed by atoms with van der Waals surface area (Å²) >= 11 is 0. The van der Waals surface area contributed by atoms with E-state index in [0.717, 1.165) is 6.04 Å². The van der Waals surface area contributed by atoms with Crippen LogP contribution in [0.5, 0.6) is 0 Å². The Morgan fingerprint density at radius 2 is 2.07 bits per heavy atom. The van der Waals surface area contributed by atoms with Crippen molar-refractivity contribution in [2.24, 2.45) is 5.41 Å². The van der Waals surface area contributed by atoms with Crippen LogP contribution < -0.4 is 5.32 Å². The van der Waals surface area contributed by atoms with Crippen molar-refractivity contribution in [1.82, 2.24) is 10.2 Å². The van der Waals surface area contributed by atoms with Crippen molar-refractivity contribution in [2.45, 2.75) is 52.0 Å². The van der Waals surface area contributed by atoms with E-state index in [2.05, 4.69) is 24.1 Å². The SMILES string of the molecule is CCC1CNCCN1CC1(C)CCCC1. The van der Waals surface area contributed by atoms with Crippen LogP contribution in [0.2, 0.25) is 0 Å². The first-order valence-corrected chi connectivity index (χ1v) is 6.68. The fourth-order valence-corrected chi connectivity index (χ4v) is 3.29. The van der Waals surface area contributed by atoms with Gasteiger partial charge in [0.2, 0.25) is 0 Å². The van der Waals surface area contributed by atoms with E-state index in [1.54, 1.807) is 0 Å². The molecule has 1 atom stereocenters. The summed E-state index contributed by atoms with van der Waals surface area (Å²) in [6.07, 6.45) is 7.11. The molecule has 15 heavy (non-hydrogen) atoms. The Morgan fingerprint density at radius 3 is 2.73 bits per heavy atom. The van der Waals surface area contributed by atoms with Gasteiger partial charge >= 0.3 is 0 Å². The molecule has 2 fully saturated rings. The molecule has 0 aromatic rings. The molecule has 2 aliphatic rings. The molecule has 2 nitrogen and oxygen atoms in total. The van der Waals surface area contributed by atoms with Crippen molar-refractivity contribution >= 4 is 0 Å². The smallest absolute Gasteiger partial charge is 0.0218 e. The maximum atomic E-state index is 3.51. The summed E-state index contributed by atoms with van der Waals surface area (Å²) in [6, 6.07) is 0.788. The van der Waals surface area contributed by atoms with Gasteiger partial charge in [0.05, 0.1) is 0 Å². The van der Waals surface area contributed by atoms with Crippen LogP contribution in [0.3, 0.4) is 0 Å². The van der Waals surface area contributed by atoms with Crippen LogP contribution >= 0.6 is 0 Å². The highest BCUT2D eigenvalue weighted by Gasteiger charge is 2.33. The van der Waals surface area contributed by atoms with E-state index in [1.807, 2.05) is 0 Å². The van der Waals surface area contributed by atoms with Crippen LogP contribution in [-0.2, 0) is 0 Å². The minimum atomic E-state index is 0.630. The van der Waals surface area contributed by atoms with Crippen molar-refractivity contribution in [3.8, 4) is 0 Å². The molecule has 2 rings (SSSR count). The monoisotopic (exact) mass is 210 g/mol. The molecule has 0 amide bonds. The fraction of sp³-hybridized carbons (Fsp3) is 1.00. The van der Waals surface area contributed by atoms with Crippen LogP contribution in [0, 0.1) is 5.41 Å². The van der Waals surface area contributed by atoms with Gasteiger partial charge in [0.1, 0.15) is 0 Å². The van der Waals surface area contributed by atoms with Gasteiger partial charge in [-0.2, -0.15) is 0 Å². The van der Waals surface area contributed by atoms with Gasteiger partial charge in [-0.25, -0.2) is 0 Å². The maximum Gasteiger partial charge on any atom is 0.0218 e. The molecule has 1 heterocycles. The molecule has 0 spiro atoms. The van der Waals surface area contributed by atoms with E-state index >= 15 is 0 Å². The predicted octanol–water partition coefficient (Wildman–Crippen LogP) is 2.25. The Bertz CT molecular complexity index is 197. The second-order valence-corrected chi connectivity index (χ2v) is 5.75. The van der Waals surface area contributed by atoms with Crippen LogP contribution in [0.1, 0.15) is 46.0 Å². The first-order valence-electron chi connectivity index (χ1n) is 6.68. The molecule has 0 radical (unpaired) electrons. The minimum absolute atomic E-state index is 0.630. The Kier molecular flexibility index (Phi) is 3.68. The number of nitrogens with zero attached hydrogens (tertiary/aromatic N) is 1. The summed E-state index contributed by atoms with van der Waals surface area (Å²) in [5.74, 6) is 0. The number of nitrogens with one attached hydrogen (secondary N) is 1. The standard InChI is InChI=1S/C13H26N2/c1-3-12-10-14-8-9-15(12)11-13(2)6-4-5-7-13/h12,14H,3-11H2,1-2H3. The normalized spacial score (nSPS) is 32.0. The number of piperazine rings is 1. The number of hydrogen-bond donors (Lipinski definition) is 1. The van der Waals surface area contributed by atoms with Gasteiger partial charge in [-0.15, -0.1) is 0 Å². The Labute approximate surface area is 94.4 Å². The van der Waals surface area contributed by atoms with Crippen molar-refractivity contribution in [3.05, 3.63) is 0 Å². The first-order chi connectivity index (χ1) is 7.23. The lowest BCUT2D eigenvalue weighted by Crippen LogP contribution is -2.53. The molecule has 2 heteroatoms. The Hall–Kier alpha value is -0.0800. The van der Waals surface area contributed by atoms with Crippen molar-refractivity contribution in [2.75, 3.05) is 26.2 Å². The molecule has 1 N–H and O–H groups in total. The summed E-state index contributed by atoms with van der Waals surface area (Å²) in [5, 5.41) is 3.51. The van der Waals surface area contributed by atoms with Crippen molar-refractivity contribution in [1.29, 1.82) is 0 Å². The molecule has 1 saturated heterocycles. The summed E-state index contributed by atoms with van der Waals surface area (Å²) < 4.78 is 0. The van der Waals surface area contributed by atoms with Crippen LogP contribution in [0.4, 0.5) is 0 Å². The average molecular weight is 210 g/mol. The maximum absolute atomic E-state index is 3.51. The zero-order chi connectivity index (χ0) is 10.7. The van der Waals surface area contributed by atoms with Crippen LogP contribution in [0.25, 0.3) is 0 Å². The highest BCUT2D eigenvalue weighted by molar-refractivity contribution is 4.88. The highest BCUT2D eigenvalue weighted by Crippen LogP contribution is 2.38. The lowest BCUT2D eigenvalue weighted by atomic mass is 9.87. The van der Waals surface area contributed by atoms with Gasteiger partial charge in [0.25, 0.3) is 0 Å². The number of hydrogen-bond acceptors (Lipinski definition) is 2. The van der Waals surface area contributed by atoms with E-state index in [-0.39, 0.29) is 0 Å². The molecular weight excluding hydrogens is 184 g/mol. The Morgan fingerprint density at radius 1 is 1.33 bits per heavy atom. The van der Waals surface area contributed by atoms with Gasteiger partial charge in [-0.05, 0) is 24.7 Å². The molecule has 0 aromatic heterocycles. The third kappa shape index (κ3) is 2.73. The molecule has 1 saturated carbocycles. The minimum Gasteiger partial charge on any atom is -0.314 e. The zero-order valence-corrected chi connectivity index (χ0v) is 10.4. The van der Waals surface area contributed by atoms with E-state index < -0.39 is 0 Å². The zero-order valence-electron chi connectivity index (χ0n) is 10.4.